The van der Waals surface area contributed by atoms with Gasteiger partial charge in [0.1, 0.15) is 17.3 Å². The monoisotopic (exact) mass is 355 g/mol. The Hall–Kier alpha value is -2.76. The van der Waals surface area contributed by atoms with Crippen molar-refractivity contribution in [3.63, 3.8) is 0 Å². The summed E-state index contributed by atoms with van der Waals surface area (Å²) >= 11 is 0. The molecule has 6 heteroatoms. The lowest BCUT2D eigenvalue weighted by molar-refractivity contribution is -0.118. The van der Waals surface area contributed by atoms with E-state index in [0.717, 1.165) is 24.8 Å². The molecule has 1 N–H and O–H groups in total. The maximum atomic E-state index is 12.1. The third-order valence-electron chi connectivity index (χ3n) is 4.55. The van der Waals surface area contributed by atoms with Gasteiger partial charge in [-0.05, 0) is 43.0 Å². The van der Waals surface area contributed by atoms with Gasteiger partial charge < -0.3 is 19.7 Å². The number of hydrogen-bond donors (Lipinski definition) is 1. The molecule has 1 aromatic carbocycles. The van der Waals surface area contributed by atoms with E-state index in [1.807, 2.05) is 24.3 Å². The number of hydrogen-bond acceptors (Lipinski definition) is 5. The van der Waals surface area contributed by atoms with E-state index in [1.165, 1.54) is 12.8 Å². The number of amides is 1. The molecular formula is C20H25N3O3. The number of methoxy groups -OCH3 is 1. The molecule has 6 nitrogen and oxygen atoms in total. The van der Waals surface area contributed by atoms with Crippen LogP contribution in [0.1, 0.15) is 19.8 Å². The molecule has 2 heterocycles. The molecule has 1 aliphatic rings. The molecule has 26 heavy (non-hydrogen) atoms. The lowest BCUT2D eigenvalue weighted by atomic mass is 9.99. The zero-order valence-corrected chi connectivity index (χ0v) is 15.3. The summed E-state index contributed by atoms with van der Waals surface area (Å²) in [5.41, 5.74) is 0.665. The van der Waals surface area contributed by atoms with Gasteiger partial charge in [0.15, 0.2) is 6.61 Å². The van der Waals surface area contributed by atoms with Crippen LogP contribution in [-0.4, -0.2) is 37.7 Å². The average Bonchev–Trinajstić information content (AvgIpc) is 2.68. The molecule has 1 amide bonds. The summed E-state index contributed by atoms with van der Waals surface area (Å²) in [5.74, 6) is 2.80. The number of carbonyl (C=O) groups excluding carboxylic acids is 1. The molecule has 0 radical (unpaired) electrons. The van der Waals surface area contributed by atoms with Gasteiger partial charge in [-0.15, -0.1) is 0 Å². The quantitative estimate of drug-likeness (QED) is 0.861. The average molecular weight is 355 g/mol. The highest BCUT2D eigenvalue weighted by Crippen LogP contribution is 2.22. The van der Waals surface area contributed by atoms with Crippen molar-refractivity contribution in [2.75, 3.05) is 37.0 Å². The number of carbonyl (C=O) groups is 1. The second kappa shape index (κ2) is 8.56. The number of aromatic nitrogens is 1. The molecule has 1 saturated heterocycles. The van der Waals surface area contributed by atoms with Crippen molar-refractivity contribution in [3.8, 4) is 11.5 Å². The van der Waals surface area contributed by atoms with Crippen LogP contribution >= 0.6 is 0 Å². The Morgan fingerprint density at radius 1 is 1.23 bits per heavy atom. The molecular weight excluding hydrogens is 330 g/mol. The topological polar surface area (TPSA) is 63.7 Å². The fourth-order valence-electron chi connectivity index (χ4n) is 2.92. The predicted octanol–water partition coefficient (Wildman–Crippen LogP) is 3.34. The fraction of sp³-hybridized carbons (Fsp3) is 0.400. The van der Waals surface area contributed by atoms with Gasteiger partial charge >= 0.3 is 0 Å². The highest BCUT2D eigenvalue weighted by Gasteiger charge is 2.16. The zero-order valence-electron chi connectivity index (χ0n) is 15.3. The van der Waals surface area contributed by atoms with Crippen LogP contribution in [0, 0.1) is 5.92 Å². The van der Waals surface area contributed by atoms with Gasteiger partial charge in [-0.1, -0.05) is 13.0 Å². The first-order valence-electron chi connectivity index (χ1n) is 8.92. The number of benzene rings is 1. The third kappa shape index (κ3) is 4.88. The van der Waals surface area contributed by atoms with Crippen molar-refractivity contribution in [2.24, 2.45) is 5.92 Å². The van der Waals surface area contributed by atoms with Crippen molar-refractivity contribution in [2.45, 2.75) is 19.8 Å². The van der Waals surface area contributed by atoms with E-state index in [2.05, 4.69) is 22.1 Å². The van der Waals surface area contributed by atoms with E-state index < -0.39 is 0 Å². The van der Waals surface area contributed by atoms with E-state index in [-0.39, 0.29) is 12.5 Å². The second-order valence-corrected chi connectivity index (χ2v) is 6.59. The Morgan fingerprint density at radius 2 is 2.00 bits per heavy atom. The van der Waals surface area contributed by atoms with Crippen LogP contribution in [0.3, 0.4) is 0 Å². The molecule has 0 unspecified atom stereocenters. The maximum Gasteiger partial charge on any atom is 0.262 e. The van der Waals surface area contributed by atoms with Crippen molar-refractivity contribution in [1.29, 1.82) is 0 Å². The molecule has 2 aromatic rings. The van der Waals surface area contributed by atoms with Crippen LogP contribution in [0.25, 0.3) is 0 Å². The molecule has 1 fully saturated rings. The van der Waals surface area contributed by atoms with E-state index in [4.69, 9.17) is 9.47 Å². The van der Waals surface area contributed by atoms with Gasteiger partial charge in [0.05, 0.1) is 19.0 Å². The highest BCUT2D eigenvalue weighted by molar-refractivity contribution is 5.91. The number of anilines is 2. The van der Waals surface area contributed by atoms with Gasteiger partial charge in [0.2, 0.25) is 0 Å². The Labute approximate surface area is 154 Å². The van der Waals surface area contributed by atoms with Gasteiger partial charge in [-0.3, -0.25) is 4.79 Å². The first-order chi connectivity index (χ1) is 12.6. The van der Waals surface area contributed by atoms with Crippen molar-refractivity contribution in [1.82, 2.24) is 4.98 Å². The third-order valence-corrected chi connectivity index (χ3v) is 4.55. The van der Waals surface area contributed by atoms with Crippen molar-refractivity contribution >= 4 is 17.4 Å². The fourth-order valence-corrected chi connectivity index (χ4v) is 2.92. The van der Waals surface area contributed by atoms with Crippen LogP contribution in [-0.2, 0) is 4.79 Å². The predicted molar refractivity (Wildman–Crippen MR) is 102 cm³/mol. The molecule has 138 valence electrons. The summed E-state index contributed by atoms with van der Waals surface area (Å²) in [7, 11) is 1.59. The summed E-state index contributed by atoms with van der Waals surface area (Å²) in [6, 6.07) is 11.0. The summed E-state index contributed by atoms with van der Waals surface area (Å²) in [6.07, 6.45) is 4.08. The molecule has 3 rings (SSSR count). The minimum absolute atomic E-state index is 0.0705. The van der Waals surface area contributed by atoms with Crippen LogP contribution in [0.15, 0.2) is 42.6 Å². The Kier molecular flexibility index (Phi) is 5.94. The number of nitrogens with zero attached hydrogens (tertiary/aromatic N) is 2. The number of pyridine rings is 1. The summed E-state index contributed by atoms with van der Waals surface area (Å²) in [4.78, 5) is 18.8. The van der Waals surface area contributed by atoms with E-state index in [0.29, 0.717) is 17.2 Å². The second-order valence-electron chi connectivity index (χ2n) is 6.59. The van der Waals surface area contributed by atoms with E-state index in [1.54, 1.807) is 25.4 Å². The Morgan fingerprint density at radius 3 is 2.69 bits per heavy atom. The van der Waals surface area contributed by atoms with Crippen LogP contribution in [0.2, 0.25) is 0 Å². The minimum Gasteiger partial charge on any atom is -0.497 e. The van der Waals surface area contributed by atoms with Gasteiger partial charge in [-0.2, -0.15) is 0 Å². The highest BCUT2D eigenvalue weighted by atomic mass is 16.5. The number of piperidine rings is 1. The van der Waals surface area contributed by atoms with E-state index >= 15 is 0 Å². The SMILES string of the molecule is COc1cccc(OCC(=O)Nc2ccc(N3CCC(C)CC3)nc2)c1. The van der Waals surface area contributed by atoms with Gasteiger partial charge in [0.25, 0.3) is 5.91 Å². The molecule has 1 aliphatic heterocycles. The lowest BCUT2D eigenvalue weighted by Crippen LogP contribution is -2.33. The number of ether oxygens (including phenoxy) is 2. The van der Waals surface area contributed by atoms with Crippen LogP contribution < -0.4 is 19.7 Å². The normalized spacial score (nSPS) is 14.8. The summed E-state index contributed by atoms with van der Waals surface area (Å²) in [5, 5.41) is 2.80. The van der Waals surface area contributed by atoms with E-state index in [9.17, 15) is 4.79 Å². The largest absolute Gasteiger partial charge is 0.497 e. The first-order valence-corrected chi connectivity index (χ1v) is 8.92. The number of nitrogens with one attached hydrogen (secondary N) is 1. The Bertz CT molecular complexity index is 725. The summed E-state index contributed by atoms with van der Waals surface area (Å²) < 4.78 is 10.6. The Balaban J connectivity index is 1.49. The standard InChI is InChI=1S/C20H25N3O3/c1-15-8-10-23(11-9-15)19-7-6-16(13-21-19)22-20(24)14-26-18-5-3-4-17(12-18)25-2/h3-7,12-13,15H,8-11,14H2,1-2H3,(H,22,24). The van der Waals surface area contributed by atoms with Crippen LogP contribution in [0.5, 0.6) is 11.5 Å². The van der Waals surface area contributed by atoms with Crippen molar-refractivity contribution < 1.29 is 14.3 Å². The molecule has 1 aromatic heterocycles. The molecule has 0 bridgehead atoms. The number of rotatable bonds is 6. The minimum atomic E-state index is -0.228. The summed E-state index contributed by atoms with van der Waals surface area (Å²) in [6.45, 7) is 4.29. The smallest absolute Gasteiger partial charge is 0.262 e. The molecule has 0 aliphatic carbocycles. The lowest BCUT2D eigenvalue weighted by Gasteiger charge is -2.31. The molecule has 0 saturated carbocycles. The first kappa shape index (κ1) is 18.0. The van der Waals surface area contributed by atoms with Gasteiger partial charge in [0, 0.05) is 19.2 Å². The molecule has 0 spiro atoms. The van der Waals surface area contributed by atoms with Crippen molar-refractivity contribution in [3.05, 3.63) is 42.6 Å². The van der Waals surface area contributed by atoms with Gasteiger partial charge in [-0.25, -0.2) is 4.98 Å². The zero-order chi connectivity index (χ0) is 18.4. The molecule has 0 atom stereocenters. The van der Waals surface area contributed by atoms with Crippen LogP contribution in [0.4, 0.5) is 11.5 Å². The maximum absolute atomic E-state index is 12.1.